The molecule has 11 rings (SSSR count). The number of H-pyrrole nitrogens is 3. The lowest BCUT2D eigenvalue weighted by atomic mass is 10.3. The number of nitrogens with one attached hydrogen (secondary N) is 3. The van der Waals surface area contributed by atoms with Crippen LogP contribution in [0, 0.1) is 90.0 Å². The fraction of sp³-hybridized carbons (Fsp3) is 0.483. The minimum atomic E-state index is 0.903. The number of oxazole rings is 2. The second kappa shape index (κ2) is 70.9. The number of tetrazole rings is 1. The van der Waals surface area contributed by atoms with E-state index in [0.717, 1.165) is 57.1 Å². The van der Waals surface area contributed by atoms with Crippen LogP contribution in [0.5, 0.6) is 0 Å². The predicted molar refractivity (Wildman–Crippen MR) is 356 cm³/mol. The summed E-state index contributed by atoms with van der Waals surface area (Å²) in [6, 6.07) is 9.80. The van der Waals surface area contributed by atoms with Gasteiger partial charge in [0.15, 0.2) is 12.8 Å². The van der Waals surface area contributed by atoms with E-state index in [9.17, 15) is 0 Å². The van der Waals surface area contributed by atoms with Crippen molar-refractivity contribution in [3.63, 3.8) is 0 Å². The van der Waals surface area contributed by atoms with Crippen LogP contribution in [0.25, 0.3) is 0 Å². The van der Waals surface area contributed by atoms with Crippen LogP contribution in [0.2, 0.25) is 0 Å². The molecule has 0 aliphatic heterocycles. The van der Waals surface area contributed by atoms with Crippen LogP contribution in [-0.4, -0.2) is 111 Å². The second-order valence-corrected chi connectivity index (χ2v) is 16.4. The topological polar surface area (TPSA) is 303 Å². The highest BCUT2D eigenvalue weighted by atomic mass is 32.1. The maximum Gasteiger partial charge on any atom is 0.181 e. The Kier molecular flexibility index (Phi) is 75.3. The van der Waals surface area contributed by atoms with Gasteiger partial charge in [0.05, 0.1) is 81.9 Å². The predicted octanol–water partition coefficient (Wildman–Crippen LogP) is 15.4. The first kappa shape index (κ1) is 91.4. The van der Waals surface area contributed by atoms with Crippen molar-refractivity contribution in [1.29, 1.82) is 0 Å². The summed E-state index contributed by atoms with van der Waals surface area (Å²) < 4.78 is 11.2. The molecule has 0 saturated heterocycles. The lowest BCUT2D eigenvalue weighted by molar-refractivity contribution is 0.525. The Morgan fingerprint density at radius 1 is 0.419 bits per heavy atom. The quantitative estimate of drug-likeness (QED) is 0.127. The van der Waals surface area contributed by atoms with Gasteiger partial charge in [-0.3, -0.25) is 9.97 Å². The third-order valence-electron chi connectivity index (χ3n) is 8.16. The van der Waals surface area contributed by atoms with Crippen molar-refractivity contribution >= 4 is 22.7 Å². The first-order valence-electron chi connectivity index (χ1n) is 28.6. The number of hydrogen-bond donors (Lipinski definition) is 3. The average Bonchev–Trinajstić information content (AvgIpc) is 4.45. The molecule has 11 aromatic rings. The van der Waals surface area contributed by atoms with Gasteiger partial charge in [-0.1, -0.05) is 109 Å². The molecule has 3 N–H and O–H groups in total. The number of nitrogens with zero attached hydrogens (tertiary/aromatic N) is 19. The number of aromatic nitrogens is 22. The molecule has 0 atom stereocenters. The van der Waals surface area contributed by atoms with Crippen molar-refractivity contribution in [3.8, 4) is 0 Å². The number of aromatic amines is 3. The Balaban J connectivity index is -0.000000156. The number of hydrogen-bond acceptors (Lipinski definition) is 21. The van der Waals surface area contributed by atoms with E-state index in [1.165, 1.54) is 43.9 Å². The average molecular weight is 1230 g/mol. The number of pyridine rings is 2. The van der Waals surface area contributed by atoms with Gasteiger partial charge < -0.3 is 8.83 Å². The van der Waals surface area contributed by atoms with Crippen LogP contribution in [0.3, 0.4) is 0 Å². The van der Waals surface area contributed by atoms with Gasteiger partial charge in [-0.2, -0.15) is 61.2 Å². The summed E-state index contributed by atoms with van der Waals surface area (Å²) in [5.74, 6) is 1.81. The van der Waals surface area contributed by atoms with E-state index in [4.69, 9.17) is 8.83 Å². The molecule has 0 aliphatic carbocycles. The maximum atomic E-state index is 4.85. The Morgan fingerprint density at radius 2 is 0.826 bits per heavy atom. The fourth-order valence-corrected chi connectivity index (χ4v) is 4.79. The standard InChI is InChI=1S/2C6H7N.2C5H7NO.2C5H7NS.4C3H5N3.C2H4N4.7C2H6/c1-6-3-2-4-7-5-6;1-6-4-2-3-5-7-6;4*1-4-5(2)7-3-6-4;1-6-4-2-3-5-6;3*1-3-2-4-6-5-3;1-6-2-3-4-5-6;7*1-2/h2*2-5H,1H3;4*3H,1-2H3;2-3H,1H3;3*2H,1H3,(H,4,5,6);2H,1H3;7*1-2H3. The zero-order chi connectivity index (χ0) is 67.4. The largest absolute Gasteiger partial charge is 0.449 e. The molecule has 0 aromatic carbocycles. The molecule has 0 amide bonds. The van der Waals surface area contributed by atoms with Gasteiger partial charge in [0.1, 0.15) is 17.8 Å². The van der Waals surface area contributed by atoms with Gasteiger partial charge in [0.25, 0.3) is 0 Å². The lowest BCUT2D eigenvalue weighted by Crippen LogP contribution is -1.89. The summed E-state index contributed by atoms with van der Waals surface area (Å²) in [6.45, 7) is 53.4. The van der Waals surface area contributed by atoms with Gasteiger partial charge in [0, 0.05) is 48.1 Å². The van der Waals surface area contributed by atoms with Crippen LogP contribution in [0.15, 0.2) is 119 Å². The van der Waals surface area contributed by atoms with Crippen LogP contribution in [0.4, 0.5) is 0 Å². The van der Waals surface area contributed by atoms with Crippen molar-refractivity contribution in [3.05, 3.63) is 182 Å². The minimum Gasteiger partial charge on any atom is -0.449 e. The summed E-state index contributed by atoms with van der Waals surface area (Å²) in [5, 5.41) is 46.7. The van der Waals surface area contributed by atoms with Crippen molar-refractivity contribution in [2.24, 2.45) is 14.1 Å². The van der Waals surface area contributed by atoms with Crippen molar-refractivity contribution in [2.75, 3.05) is 0 Å². The second-order valence-electron chi connectivity index (χ2n) is 14.3. The van der Waals surface area contributed by atoms with Crippen molar-refractivity contribution < 1.29 is 8.83 Å². The highest BCUT2D eigenvalue weighted by Crippen LogP contribution is 2.08. The van der Waals surface area contributed by atoms with Gasteiger partial charge in [-0.05, 0) is 124 Å². The molecule has 26 heteroatoms. The third-order valence-corrected chi connectivity index (χ3v) is 9.88. The highest BCUT2D eigenvalue weighted by molar-refractivity contribution is 7.09. The first-order valence-corrected chi connectivity index (χ1v) is 30.4. The zero-order valence-electron chi connectivity index (χ0n) is 57.5. The van der Waals surface area contributed by atoms with Gasteiger partial charge in [-0.25, -0.2) is 24.6 Å². The normalized spacial score (nSPS) is 8.06. The third kappa shape index (κ3) is 61.7. The maximum absolute atomic E-state index is 4.85. The number of thiazole rings is 2. The van der Waals surface area contributed by atoms with Gasteiger partial charge >= 0.3 is 0 Å². The summed E-state index contributed by atoms with van der Waals surface area (Å²) in [7, 11) is 3.54. The fourth-order valence-electron chi connectivity index (χ4n) is 3.61. The van der Waals surface area contributed by atoms with Gasteiger partial charge in [0.2, 0.25) is 0 Å². The van der Waals surface area contributed by atoms with Crippen LogP contribution >= 0.6 is 22.7 Å². The molecular weight excluding hydrogens is 1120 g/mol. The number of aryl methyl sites for hydroxylation is 15. The molecule has 0 spiro atoms. The van der Waals surface area contributed by atoms with E-state index in [-0.39, 0.29) is 0 Å². The molecule has 11 heterocycles. The molecule has 86 heavy (non-hydrogen) atoms. The Hall–Kier alpha value is -8.39. The van der Waals surface area contributed by atoms with Crippen LogP contribution < -0.4 is 0 Å². The molecule has 0 radical (unpaired) electrons. The Labute approximate surface area is 523 Å². The van der Waals surface area contributed by atoms with E-state index in [2.05, 4.69) is 116 Å². The van der Waals surface area contributed by atoms with E-state index in [1.54, 1.807) is 80.1 Å². The van der Waals surface area contributed by atoms with E-state index in [0.29, 0.717) is 0 Å². The van der Waals surface area contributed by atoms with E-state index in [1.807, 2.05) is 221 Å². The molecule has 0 bridgehead atoms. The molecule has 0 fully saturated rings. The summed E-state index contributed by atoms with van der Waals surface area (Å²) in [4.78, 5) is 27.8. The van der Waals surface area contributed by atoms with Crippen molar-refractivity contribution in [1.82, 2.24) is 111 Å². The first-order chi connectivity index (χ1) is 41.5. The van der Waals surface area contributed by atoms with Crippen LogP contribution in [0.1, 0.15) is 169 Å². The molecular formula is C60H108N22O2S2. The summed E-state index contributed by atoms with van der Waals surface area (Å²) >= 11 is 3.39. The minimum absolute atomic E-state index is 0.903. The molecule has 0 unspecified atom stereocenters. The Bertz CT molecular complexity index is 2370. The molecule has 0 saturated carbocycles. The molecule has 24 nitrogen and oxygen atoms in total. The molecule has 482 valence electrons. The zero-order valence-corrected chi connectivity index (χ0v) is 59.2. The monoisotopic (exact) mass is 1230 g/mol. The smallest absolute Gasteiger partial charge is 0.181 e. The Morgan fingerprint density at radius 3 is 0.930 bits per heavy atom. The summed E-state index contributed by atoms with van der Waals surface area (Å²) in [6.07, 6.45) is 18.1. The van der Waals surface area contributed by atoms with E-state index < -0.39 is 0 Å². The number of rotatable bonds is 0. The van der Waals surface area contributed by atoms with Gasteiger partial charge in [-0.15, -0.1) is 27.8 Å². The molecule has 0 aliphatic rings. The highest BCUT2D eigenvalue weighted by Gasteiger charge is 1.92. The summed E-state index contributed by atoms with van der Waals surface area (Å²) in [5.41, 5.74) is 13.1. The lowest BCUT2D eigenvalue weighted by Gasteiger charge is -1.82. The molecule has 11 aromatic heterocycles. The SMILES string of the molecule is CC.CC.CC.CC.CC.CC.CC.Cc1ccccn1.Cc1cccnc1.Cc1cn[nH]n1.Cc1cn[nH]n1.Cc1cn[nH]n1.Cc1ncoc1C.Cc1ncoc1C.Cc1ncsc1C.Cc1ncsc1C.Cn1cnnn1.Cn1nccn1. The van der Waals surface area contributed by atoms with E-state index >= 15 is 0 Å². The van der Waals surface area contributed by atoms with Crippen LogP contribution in [-0.2, 0) is 14.1 Å². The van der Waals surface area contributed by atoms with Crippen molar-refractivity contribution in [2.45, 2.75) is 187 Å².